The predicted octanol–water partition coefficient (Wildman–Crippen LogP) is 3.42. The number of aromatic nitrogens is 3. The quantitative estimate of drug-likeness (QED) is 0.691. The number of hydrogen-bond acceptors (Lipinski definition) is 5. The van der Waals surface area contributed by atoms with Crippen LogP contribution in [-0.2, 0) is 11.3 Å². The van der Waals surface area contributed by atoms with Crippen LogP contribution in [0.25, 0.3) is 0 Å². The van der Waals surface area contributed by atoms with Crippen molar-refractivity contribution < 1.29 is 9.53 Å². The summed E-state index contributed by atoms with van der Waals surface area (Å²) >= 11 is 1.38. The van der Waals surface area contributed by atoms with Gasteiger partial charge in [0, 0.05) is 49.6 Å². The summed E-state index contributed by atoms with van der Waals surface area (Å²) in [5.41, 5.74) is 2.36. The van der Waals surface area contributed by atoms with Gasteiger partial charge in [-0.05, 0) is 48.6 Å². The molecule has 0 radical (unpaired) electrons. The molecule has 7 heteroatoms. The molecule has 4 heterocycles. The Balaban J connectivity index is 1.40. The van der Waals surface area contributed by atoms with Gasteiger partial charge in [-0.25, -0.2) is 4.98 Å². The van der Waals surface area contributed by atoms with Crippen LogP contribution in [-0.4, -0.2) is 33.7 Å². The number of amides is 1. The molecule has 28 heavy (non-hydrogen) atoms. The van der Waals surface area contributed by atoms with Crippen molar-refractivity contribution in [1.29, 1.82) is 0 Å². The average molecular weight is 392 g/mol. The van der Waals surface area contributed by atoms with E-state index in [2.05, 4.69) is 27.1 Å². The van der Waals surface area contributed by atoms with E-state index in [1.54, 1.807) is 18.5 Å². The molecule has 0 aliphatic carbocycles. The van der Waals surface area contributed by atoms with Crippen molar-refractivity contribution in [3.63, 3.8) is 0 Å². The number of nitrogens with one attached hydrogen (secondary N) is 1. The Labute approximate surface area is 167 Å². The summed E-state index contributed by atoms with van der Waals surface area (Å²) in [5, 5.41) is 5.30. The van der Waals surface area contributed by atoms with Gasteiger partial charge in [-0.1, -0.05) is 5.92 Å². The van der Waals surface area contributed by atoms with Gasteiger partial charge in [-0.2, -0.15) is 0 Å². The monoisotopic (exact) mass is 392 g/mol. The fourth-order valence-electron chi connectivity index (χ4n) is 3.01. The first-order valence-electron chi connectivity index (χ1n) is 9.18. The first-order chi connectivity index (χ1) is 13.8. The van der Waals surface area contributed by atoms with Crippen LogP contribution in [0.4, 0.5) is 5.13 Å². The molecule has 0 bridgehead atoms. The van der Waals surface area contributed by atoms with E-state index in [0.717, 1.165) is 31.6 Å². The Morgan fingerprint density at radius 2 is 2.11 bits per heavy atom. The molecular formula is C21H20N4O2S. The van der Waals surface area contributed by atoms with Crippen LogP contribution in [0.15, 0.2) is 48.2 Å². The van der Waals surface area contributed by atoms with Gasteiger partial charge in [0.2, 0.25) is 0 Å². The molecule has 142 valence electrons. The summed E-state index contributed by atoms with van der Waals surface area (Å²) < 4.78 is 7.26. The van der Waals surface area contributed by atoms with Crippen LogP contribution in [0, 0.1) is 17.8 Å². The van der Waals surface area contributed by atoms with Crippen molar-refractivity contribution in [3.05, 3.63) is 65.2 Å². The second kappa shape index (κ2) is 8.83. The summed E-state index contributed by atoms with van der Waals surface area (Å²) in [7, 11) is 0. The lowest BCUT2D eigenvalue weighted by atomic mass is 10.0. The number of rotatable bonds is 4. The van der Waals surface area contributed by atoms with E-state index < -0.39 is 0 Å². The molecule has 1 aliphatic heterocycles. The van der Waals surface area contributed by atoms with Crippen LogP contribution in [0.1, 0.15) is 34.6 Å². The van der Waals surface area contributed by atoms with Crippen LogP contribution < -0.4 is 5.32 Å². The Morgan fingerprint density at radius 3 is 2.93 bits per heavy atom. The molecule has 1 amide bonds. The molecule has 0 saturated carbocycles. The Morgan fingerprint density at radius 1 is 1.29 bits per heavy atom. The molecule has 1 aliphatic rings. The summed E-state index contributed by atoms with van der Waals surface area (Å²) in [4.78, 5) is 21.1. The zero-order chi connectivity index (χ0) is 19.2. The van der Waals surface area contributed by atoms with Gasteiger partial charge in [-0.3, -0.25) is 15.1 Å². The minimum atomic E-state index is -0.183. The van der Waals surface area contributed by atoms with Crippen molar-refractivity contribution in [2.45, 2.75) is 19.4 Å². The van der Waals surface area contributed by atoms with Crippen molar-refractivity contribution in [2.75, 3.05) is 18.5 Å². The standard InChI is InChI=1S/C21H20N4O2S/c26-20(19-2-1-11-25(19)14-17-5-9-22-10-6-17)24-21-23-18(15-28-21)4-3-16-7-12-27-13-8-16/h1-2,5-6,9-11,15-16H,7-8,12-14H2,(H,23,24,26). The number of thiazole rings is 1. The third kappa shape index (κ3) is 4.66. The lowest BCUT2D eigenvalue weighted by molar-refractivity contribution is 0.0807. The van der Waals surface area contributed by atoms with Crippen LogP contribution in [0.3, 0.4) is 0 Å². The Hall–Kier alpha value is -2.95. The number of hydrogen-bond donors (Lipinski definition) is 1. The Kier molecular flexibility index (Phi) is 5.80. The molecule has 0 unspecified atom stereocenters. The number of ether oxygens (including phenoxy) is 1. The lowest BCUT2D eigenvalue weighted by Gasteiger charge is -2.16. The van der Waals surface area contributed by atoms with Gasteiger partial charge < -0.3 is 9.30 Å². The zero-order valence-corrected chi connectivity index (χ0v) is 16.1. The summed E-state index contributed by atoms with van der Waals surface area (Å²) in [6, 6.07) is 7.54. The molecule has 1 fully saturated rings. The third-order valence-electron chi connectivity index (χ3n) is 4.51. The topological polar surface area (TPSA) is 69.0 Å². The van der Waals surface area contributed by atoms with E-state index in [9.17, 15) is 4.79 Å². The van der Waals surface area contributed by atoms with Gasteiger partial charge in [0.05, 0.1) is 0 Å². The van der Waals surface area contributed by atoms with E-state index in [-0.39, 0.29) is 5.91 Å². The molecule has 3 aromatic rings. The van der Waals surface area contributed by atoms with Crippen LogP contribution in [0.2, 0.25) is 0 Å². The van der Waals surface area contributed by atoms with E-state index >= 15 is 0 Å². The number of pyridine rings is 1. The molecule has 6 nitrogen and oxygen atoms in total. The number of carbonyl (C=O) groups excluding carboxylic acids is 1. The van der Waals surface area contributed by atoms with Gasteiger partial charge in [-0.15, -0.1) is 11.3 Å². The molecule has 0 spiro atoms. The maximum atomic E-state index is 12.7. The van der Waals surface area contributed by atoms with Crippen molar-refractivity contribution in [2.24, 2.45) is 5.92 Å². The molecule has 1 N–H and O–H groups in total. The maximum Gasteiger partial charge on any atom is 0.274 e. The van der Waals surface area contributed by atoms with Crippen LogP contribution >= 0.6 is 11.3 Å². The first kappa shape index (κ1) is 18.4. The average Bonchev–Trinajstić information content (AvgIpc) is 3.37. The smallest absolute Gasteiger partial charge is 0.274 e. The highest BCUT2D eigenvalue weighted by atomic mass is 32.1. The van der Waals surface area contributed by atoms with Crippen molar-refractivity contribution in [1.82, 2.24) is 14.5 Å². The third-order valence-corrected chi connectivity index (χ3v) is 5.27. The zero-order valence-electron chi connectivity index (χ0n) is 15.3. The summed E-state index contributed by atoms with van der Waals surface area (Å²) in [5.74, 6) is 6.56. The van der Waals surface area contributed by atoms with E-state index in [1.165, 1.54) is 11.3 Å². The fourth-order valence-corrected chi connectivity index (χ4v) is 3.65. The SMILES string of the molecule is O=C(Nc1nc(C#CC2CCOCC2)cs1)c1cccn1Cc1ccncc1. The minimum absolute atomic E-state index is 0.183. The largest absolute Gasteiger partial charge is 0.381 e. The molecule has 0 atom stereocenters. The van der Waals surface area contributed by atoms with Gasteiger partial charge in [0.15, 0.2) is 5.13 Å². The Bertz CT molecular complexity index is 994. The molecule has 0 aromatic carbocycles. The normalized spacial score (nSPS) is 14.3. The van der Waals surface area contributed by atoms with Crippen molar-refractivity contribution in [3.8, 4) is 11.8 Å². The maximum absolute atomic E-state index is 12.7. The highest BCUT2D eigenvalue weighted by Crippen LogP contribution is 2.18. The van der Waals surface area contributed by atoms with Gasteiger partial charge in [0.1, 0.15) is 11.4 Å². The predicted molar refractivity (Wildman–Crippen MR) is 108 cm³/mol. The second-order valence-electron chi connectivity index (χ2n) is 6.52. The fraction of sp³-hybridized carbons (Fsp3) is 0.286. The van der Waals surface area contributed by atoms with E-state index in [4.69, 9.17) is 4.74 Å². The molecule has 3 aromatic heterocycles. The molecular weight excluding hydrogens is 372 g/mol. The number of nitrogens with zero attached hydrogens (tertiary/aromatic N) is 3. The van der Waals surface area contributed by atoms with Gasteiger partial charge >= 0.3 is 0 Å². The highest BCUT2D eigenvalue weighted by Gasteiger charge is 2.14. The highest BCUT2D eigenvalue weighted by molar-refractivity contribution is 7.14. The number of anilines is 1. The molecule has 1 saturated heterocycles. The van der Waals surface area contributed by atoms with E-state index in [1.807, 2.05) is 34.3 Å². The lowest BCUT2D eigenvalue weighted by Crippen LogP contribution is -2.17. The van der Waals surface area contributed by atoms with E-state index in [0.29, 0.717) is 29.0 Å². The summed E-state index contributed by atoms with van der Waals surface area (Å²) in [6.45, 7) is 2.16. The van der Waals surface area contributed by atoms with Crippen LogP contribution in [0.5, 0.6) is 0 Å². The molecule has 4 rings (SSSR count). The first-order valence-corrected chi connectivity index (χ1v) is 10.1. The number of carbonyl (C=O) groups is 1. The summed E-state index contributed by atoms with van der Waals surface area (Å²) in [6.07, 6.45) is 7.32. The van der Waals surface area contributed by atoms with Gasteiger partial charge in [0.25, 0.3) is 5.91 Å². The second-order valence-corrected chi connectivity index (χ2v) is 7.38. The van der Waals surface area contributed by atoms with Crippen molar-refractivity contribution >= 4 is 22.4 Å². The minimum Gasteiger partial charge on any atom is -0.381 e.